The van der Waals surface area contributed by atoms with Gasteiger partial charge < -0.3 is 14.8 Å². The number of amides is 2. The minimum Gasteiger partial charge on any atom is -0.352 e. The number of rotatable bonds is 3. The lowest BCUT2D eigenvalue weighted by molar-refractivity contribution is 0.0535. The van der Waals surface area contributed by atoms with Gasteiger partial charge in [-0.25, -0.2) is 0 Å². The van der Waals surface area contributed by atoms with Gasteiger partial charge >= 0.3 is 0 Å². The first-order chi connectivity index (χ1) is 12.1. The first-order valence-corrected chi connectivity index (χ1v) is 8.86. The SMILES string of the molecule is CCc1ccc(C(=O)N2CCN(C(=O)c3ccc[nH]c3=S)CC2)cc1. The minimum atomic E-state index is -0.0822. The summed E-state index contributed by atoms with van der Waals surface area (Å²) in [5.74, 6) is -0.0620. The second-order valence-electron chi connectivity index (χ2n) is 6.05. The molecule has 0 atom stereocenters. The Kier molecular flexibility index (Phi) is 5.28. The fraction of sp³-hybridized carbons (Fsp3) is 0.316. The molecule has 0 spiro atoms. The number of benzene rings is 1. The largest absolute Gasteiger partial charge is 0.352 e. The third-order valence-electron chi connectivity index (χ3n) is 4.51. The standard InChI is InChI=1S/C19H21N3O2S/c1-2-14-5-7-15(8-6-14)18(23)21-10-12-22(13-11-21)19(24)16-4-3-9-20-17(16)25/h3-9H,2,10-13H2,1H3,(H,20,25). The molecule has 2 aromatic rings. The molecule has 0 radical (unpaired) electrons. The summed E-state index contributed by atoms with van der Waals surface area (Å²) in [7, 11) is 0. The van der Waals surface area contributed by atoms with Gasteiger partial charge in [0.1, 0.15) is 4.64 Å². The molecule has 1 aromatic carbocycles. The molecule has 1 N–H and O–H groups in total. The van der Waals surface area contributed by atoms with Crippen LogP contribution in [0.25, 0.3) is 0 Å². The van der Waals surface area contributed by atoms with E-state index in [1.165, 1.54) is 5.56 Å². The third-order valence-corrected chi connectivity index (χ3v) is 4.85. The van der Waals surface area contributed by atoms with Gasteiger partial charge in [0.15, 0.2) is 0 Å². The van der Waals surface area contributed by atoms with E-state index in [-0.39, 0.29) is 11.8 Å². The number of hydrogen-bond acceptors (Lipinski definition) is 3. The average molecular weight is 355 g/mol. The highest BCUT2D eigenvalue weighted by Gasteiger charge is 2.25. The number of aryl methyl sites for hydroxylation is 1. The monoisotopic (exact) mass is 355 g/mol. The fourth-order valence-electron chi connectivity index (χ4n) is 2.94. The predicted molar refractivity (Wildman–Crippen MR) is 99.3 cm³/mol. The maximum Gasteiger partial charge on any atom is 0.256 e. The number of H-pyrrole nitrogens is 1. The van der Waals surface area contributed by atoms with Crippen LogP contribution in [0.2, 0.25) is 0 Å². The van der Waals surface area contributed by atoms with Crippen LogP contribution in [-0.2, 0) is 6.42 Å². The molecule has 0 bridgehead atoms. The Balaban J connectivity index is 1.63. The molecular formula is C19H21N3O2S. The van der Waals surface area contributed by atoms with Crippen molar-refractivity contribution >= 4 is 24.0 Å². The Bertz CT molecular complexity index is 821. The topological polar surface area (TPSA) is 56.4 Å². The van der Waals surface area contributed by atoms with E-state index in [1.54, 1.807) is 28.1 Å². The molecule has 0 saturated carbocycles. The molecule has 1 aromatic heterocycles. The van der Waals surface area contributed by atoms with Crippen molar-refractivity contribution in [2.24, 2.45) is 0 Å². The summed E-state index contributed by atoms with van der Waals surface area (Å²) in [6.07, 6.45) is 2.66. The maximum absolute atomic E-state index is 12.6. The number of nitrogens with one attached hydrogen (secondary N) is 1. The second kappa shape index (κ2) is 7.61. The average Bonchev–Trinajstić information content (AvgIpc) is 2.67. The zero-order valence-corrected chi connectivity index (χ0v) is 15.0. The van der Waals surface area contributed by atoms with Gasteiger partial charge in [-0.1, -0.05) is 31.3 Å². The Morgan fingerprint density at radius 3 is 2.16 bits per heavy atom. The highest BCUT2D eigenvalue weighted by molar-refractivity contribution is 7.71. The van der Waals surface area contributed by atoms with Crippen molar-refractivity contribution in [2.75, 3.05) is 26.2 Å². The van der Waals surface area contributed by atoms with Gasteiger partial charge in [-0.05, 0) is 36.2 Å². The van der Waals surface area contributed by atoms with Gasteiger partial charge in [0.05, 0.1) is 5.56 Å². The van der Waals surface area contributed by atoms with Crippen LogP contribution >= 0.6 is 12.2 Å². The first kappa shape index (κ1) is 17.4. The van der Waals surface area contributed by atoms with E-state index in [2.05, 4.69) is 11.9 Å². The van der Waals surface area contributed by atoms with Crippen molar-refractivity contribution in [3.63, 3.8) is 0 Å². The highest BCUT2D eigenvalue weighted by atomic mass is 32.1. The number of nitrogens with zero attached hydrogens (tertiary/aromatic N) is 2. The summed E-state index contributed by atoms with van der Waals surface area (Å²) >= 11 is 5.18. The van der Waals surface area contributed by atoms with Crippen LogP contribution < -0.4 is 0 Å². The molecule has 2 heterocycles. The van der Waals surface area contributed by atoms with Crippen LogP contribution in [0.5, 0.6) is 0 Å². The van der Waals surface area contributed by atoms with Crippen molar-refractivity contribution in [3.05, 3.63) is 63.9 Å². The quantitative estimate of drug-likeness (QED) is 0.862. The zero-order valence-electron chi connectivity index (χ0n) is 14.2. The molecule has 2 amide bonds. The van der Waals surface area contributed by atoms with Gasteiger partial charge in [0.2, 0.25) is 0 Å². The number of pyridine rings is 1. The Labute approximate surface area is 152 Å². The van der Waals surface area contributed by atoms with Gasteiger partial charge in [-0.15, -0.1) is 0 Å². The molecule has 1 fully saturated rings. The molecule has 1 saturated heterocycles. The zero-order chi connectivity index (χ0) is 17.8. The van der Waals surface area contributed by atoms with E-state index in [4.69, 9.17) is 12.2 Å². The van der Waals surface area contributed by atoms with Crippen molar-refractivity contribution in [3.8, 4) is 0 Å². The number of aromatic nitrogens is 1. The fourth-order valence-corrected chi connectivity index (χ4v) is 3.16. The van der Waals surface area contributed by atoms with Crippen molar-refractivity contribution in [2.45, 2.75) is 13.3 Å². The second-order valence-corrected chi connectivity index (χ2v) is 6.46. The molecule has 130 valence electrons. The number of hydrogen-bond donors (Lipinski definition) is 1. The molecule has 1 aliphatic rings. The normalized spacial score (nSPS) is 14.4. The van der Waals surface area contributed by atoms with E-state index in [0.717, 1.165) is 6.42 Å². The van der Waals surface area contributed by atoms with E-state index >= 15 is 0 Å². The summed E-state index contributed by atoms with van der Waals surface area (Å²) in [5.41, 5.74) is 2.42. The van der Waals surface area contributed by atoms with Gasteiger partial charge in [0, 0.05) is 37.9 Å². The van der Waals surface area contributed by atoms with Crippen LogP contribution in [0.4, 0.5) is 0 Å². The van der Waals surface area contributed by atoms with Gasteiger partial charge in [-0.3, -0.25) is 9.59 Å². The summed E-state index contributed by atoms with van der Waals surface area (Å²) < 4.78 is 0.446. The summed E-state index contributed by atoms with van der Waals surface area (Å²) in [5, 5.41) is 0. The highest BCUT2D eigenvalue weighted by Crippen LogP contribution is 2.13. The van der Waals surface area contributed by atoms with Gasteiger partial charge in [0.25, 0.3) is 11.8 Å². The molecule has 0 unspecified atom stereocenters. The molecule has 3 rings (SSSR count). The Morgan fingerprint density at radius 1 is 1.00 bits per heavy atom. The molecule has 5 nitrogen and oxygen atoms in total. The predicted octanol–water partition coefficient (Wildman–Crippen LogP) is 2.90. The van der Waals surface area contributed by atoms with E-state index in [0.29, 0.717) is 41.9 Å². The lowest BCUT2D eigenvalue weighted by Crippen LogP contribution is -2.50. The summed E-state index contributed by atoms with van der Waals surface area (Å²) in [6, 6.07) is 11.2. The van der Waals surface area contributed by atoms with Crippen LogP contribution in [0.1, 0.15) is 33.2 Å². The van der Waals surface area contributed by atoms with Gasteiger partial charge in [-0.2, -0.15) is 0 Å². The van der Waals surface area contributed by atoms with Crippen LogP contribution in [-0.4, -0.2) is 52.8 Å². The minimum absolute atomic E-state index is 0.0201. The number of aromatic amines is 1. The Morgan fingerprint density at radius 2 is 1.60 bits per heavy atom. The lowest BCUT2D eigenvalue weighted by atomic mass is 10.1. The molecule has 25 heavy (non-hydrogen) atoms. The number of piperazine rings is 1. The third kappa shape index (κ3) is 3.79. The Hall–Kier alpha value is -2.47. The van der Waals surface area contributed by atoms with E-state index < -0.39 is 0 Å². The number of carbonyl (C=O) groups excluding carboxylic acids is 2. The molecular weight excluding hydrogens is 334 g/mol. The van der Waals surface area contributed by atoms with Crippen LogP contribution in [0.15, 0.2) is 42.6 Å². The van der Waals surface area contributed by atoms with E-state index in [1.807, 2.05) is 24.3 Å². The summed E-state index contributed by atoms with van der Waals surface area (Å²) in [4.78, 5) is 31.6. The van der Waals surface area contributed by atoms with Crippen LogP contribution in [0.3, 0.4) is 0 Å². The van der Waals surface area contributed by atoms with Crippen LogP contribution in [0, 0.1) is 4.64 Å². The molecule has 0 aliphatic carbocycles. The molecule has 1 aliphatic heterocycles. The van der Waals surface area contributed by atoms with Crippen molar-refractivity contribution in [1.29, 1.82) is 0 Å². The van der Waals surface area contributed by atoms with Crippen molar-refractivity contribution in [1.82, 2.24) is 14.8 Å². The lowest BCUT2D eigenvalue weighted by Gasteiger charge is -2.34. The smallest absolute Gasteiger partial charge is 0.256 e. The van der Waals surface area contributed by atoms with Crippen molar-refractivity contribution < 1.29 is 9.59 Å². The number of carbonyl (C=O) groups is 2. The summed E-state index contributed by atoms with van der Waals surface area (Å²) in [6.45, 7) is 4.18. The molecule has 6 heteroatoms. The van der Waals surface area contributed by atoms with E-state index in [9.17, 15) is 9.59 Å². The maximum atomic E-state index is 12.6. The first-order valence-electron chi connectivity index (χ1n) is 8.45.